The molecule has 1 atom stereocenters. The average Bonchev–Trinajstić information content (AvgIpc) is 3.19. The van der Waals surface area contributed by atoms with Crippen molar-refractivity contribution >= 4 is 33.9 Å². The van der Waals surface area contributed by atoms with E-state index in [2.05, 4.69) is 0 Å². The van der Waals surface area contributed by atoms with Gasteiger partial charge in [0.15, 0.2) is 23.1 Å². The van der Waals surface area contributed by atoms with Crippen LogP contribution in [0.5, 0.6) is 11.5 Å². The Hall–Kier alpha value is -4.72. The van der Waals surface area contributed by atoms with Crippen LogP contribution in [-0.2, 0) is 9.59 Å². The molecular formula is C30H23F2NO5. The predicted molar refractivity (Wildman–Crippen MR) is 139 cm³/mol. The molecule has 0 bridgehead atoms. The first-order chi connectivity index (χ1) is 18.3. The zero-order chi connectivity index (χ0) is 27.0. The monoisotopic (exact) mass is 515 g/mol. The fourth-order valence-corrected chi connectivity index (χ4v) is 4.76. The minimum absolute atomic E-state index is 0.0400. The molecule has 4 aromatic carbocycles. The van der Waals surface area contributed by atoms with Crippen molar-refractivity contribution in [2.24, 2.45) is 0 Å². The van der Waals surface area contributed by atoms with Crippen molar-refractivity contribution in [1.29, 1.82) is 0 Å². The minimum Gasteiger partial charge on any atom is -0.507 e. The summed E-state index contributed by atoms with van der Waals surface area (Å²) in [4.78, 5) is 27.9. The molecule has 1 unspecified atom stereocenters. The van der Waals surface area contributed by atoms with Gasteiger partial charge in [0.05, 0.1) is 25.3 Å². The van der Waals surface area contributed by atoms with Crippen molar-refractivity contribution in [3.63, 3.8) is 0 Å². The van der Waals surface area contributed by atoms with E-state index in [1.165, 1.54) is 13.2 Å². The summed E-state index contributed by atoms with van der Waals surface area (Å²) < 4.78 is 39.1. The van der Waals surface area contributed by atoms with Gasteiger partial charge in [0.1, 0.15) is 5.76 Å². The molecule has 1 fully saturated rings. The lowest BCUT2D eigenvalue weighted by molar-refractivity contribution is -0.132. The molecule has 0 spiro atoms. The lowest BCUT2D eigenvalue weighted by atomic mass is 9.93. The Morgan fingerprint density at radius 2 is 1.68 bits per heavy atom. The average molecular weight is 516 g/mol. The van der Waals surface area contributed by atoms with E-state index in [9.17, 15) is 23.5 Å². The van der Waals surface area contributed by atoms with Gasteiger partial charge in [-0.3, -0.25) is 14.5 Å². The SMILES string of the molecule is CCOc1cc(C2/C(=C(\O)c3cccc4ccccc34)C(=O)C(=O)N2c2ccc(F)c(F)c2)ccc1OC. The van der Waals surface area contributed by atoms with Crippen LogP contribution in [-0.4, -0.2) is 30.5 Å². The lowest BCUT2D eigenvalue weighted by Gasteiger charge is -2.26. The molecule has 1 saturated heterocycles. The highest BCUT2D eigenvalue weighted by Crippen LogP contribution is 2.45. The normalized spacial score (nSPS) is 16.7. The van der Waals surface area contributed by atoms with Crippen molar-refractivity contribution in [3.8, 4) is 11.5 Å². The summed E-state index contributed by atoms with van der Waals surface area (Å²) in [6.07, 6.45) is 0. The molecule has 6 nitrogen and oxygen atoms in total. The number of aliphatic hydroxyl groups excluding tert-OH is 1. The maximum atomic E-state index is 14.2. The van der Waals surface area contributed by atoms with Gasteiger partial charge in [-0.1, -0.05) is 48.5 Å². The first-order valence-electron chi connectivity index (χ1n) is 11.9. The fraction of sp³-hybridized carbons (Fsp3) is 0.133. The van der Waals surface area contributed by atoms with Gasteiger partial charge in [0, 0.05) is 17.3 Å². The maximum Gasteiger partial charge on any atom is 0.300 e. The summed E-state index contributed by atoms with van der Waals surface area (Å²) in [5.74, 6) is -3.83. The Morgan fingerprint density at radius 1 is 0.921 bits per heavy atom. The Morgan fingerprint density at radius 3 is 2.42 bits per heavy atom. The number of methoxy groups -OCH3 is 1. The lowest BCUT2D eigenvalue weighted by Crippen LogP contribution is -2.29. The number of amides is 1. The zero-order valence-electron chi connectivity index (χ0n) is 20.6. The van der Waals surface area contributed by atoms with Gasteiger partial charge in [-0.2, -0.15) is 0 Å². The molecule has 1 heterocycles. The molecule has 192 valence electrons. The van der Waals surface area contributed by atoms with Crippen LogP contribution in [0.25, 0.3) is 16.5 Å². The third kappa shape index (κ3) is 4.14. The van der Waals surface area contributed by atoms with Crippen molar-refractivity contribution in [2.45, 2.75) is 13.0 Å². The van der Waals surface area contributed by atoms with Gasteiger partial charge in [-0.05, 0) is 47.5 Å². The molecule has 1 aliphatic heterocycles. The molecule has 0 aromatic heterocycles. The fourth-order valence-electron chi connectivity index (χ4n) is 4.76. The summed E-state index contributed by atoms with van der Waals surface area (Å²) in [6, 6.07) is 19.2. The van der Waals surface area contributed by atoms with E-state index >= 15 is 0 Å². The van der Waals surface area contributed by atoms with Crippen LogP contribution >= 0.6 is 0 Å². The number of rotatable bonds is 6. The number of benzene rings is 4. The van der Waals surface area contributed by atoms with Crippen LogP contribution in [0.15, 0.2) is 84.4 Å². The van der Waals surface area contributed by atoms with E-state index in [1.54, 1.807) is 49.4 Å². The van der Waals surface area contributed by atoms with Crippen LogP contribution in [0.3, 0.4) is 0 Å². The van der Waals surface area contributed by atoms with E-state index in [-0.39, 0.29) is 17.0 Å². The van der Waals surface area contributed by atoms with E-state index in [0.717, 1.165) is 22.4 Å². The largest absolute Gasteiger partial charge is 0.507 e. The van der Waals surface area contributed by atoms with Gasteiger partial charge in [0.2, 0.25) is 0 Å². The molecular weight excluding hydrogens is 492 g/mol. The van der Waals surface area contributed by atoms with E-state index in [0.29, 0.717) is 34.6 Å². The standard InChI is InChI=1S/C30H23F2NO5/c1-3-38-25-15-18(11-14-24(25)37-2)27-26(28(34)21-10-6-8-17-7-4-5-9-20(17)21)29(35)30(36)33(27)19-12-13-22(31)23(32)16-19/h4-16,27,34H,3H2,1-2H3/b28-26+. The van der Waals surface area contributed by atoms with Crippen molar-refractivity contribution in [1.82, 2.24) is 0 Å². The summed E-state index contributed by atoms with van der Waals surface area (Å²) in [6.45, 7) is 2.11. The Bertz CT molecular complexity index is 1610. The number of ketones is 1. The topological polar surface area (TPSA) is 76.1 Å². The first-order valence-corrected chi connectivity index (χ1v) is 11.9. The first kappa shape index (κ1) is 25.0. The molecule has 8 heteroatoms. The highest BCUT2D eigenvalue weighted by atomic mass is 19.2. The third-order valence-electron chi connectivity index (χ3n) is 6.47. The molecule has 0 radical (unpaired) electrons. The Balaban J connectivity index is 1.79. The van der Waals surface area contributed by atoms with Crippen molar-refractivity contribution in [2.75, 3.05) is 18.6 Å². The summed E-state index contributed by atoms with van der Waals surface area (Å²) >= 11 is 0. The molecule has 1 aliphatic rings. The van der Waals surface area contributed by atoms with Crippen LogP contribution in [0.1, 0.15) is 24.1 Å². The van der Waals surface area contributed by atoms with Gasteiger partial charge < -0.3 is 14.6 Å². The number of nitrogens with zero attached hydrogens (tertiary/aromatic N) is 1. The van der Waals surface area contributed by atoms with Crippen molar-refractivity contribution in [3.05, 3.63) is 107 Å². The number of carbonyl (C=O) groups excluding carboxylic acids is 2. The highest BCUT2D eigenvalue weighted by Gasteiger charge is 2.47. The van der Waals surface area contributed by atoms with E-state index in [4.69, 9.17) is 9.47 Å². The van der Waals surface area contributed by atoms with Gasteiger partial charge in [-0.15, -0.1) is 0 Å². The summed E-state index contributed by atoms with van der Waals surface area (Å²) in [7, 11) is 1.48. The number of carbonyl (C=O) groups is 2. The number of Topliss-reactive ketones (excluding diaryl/α,β-unsaturated/α-hetero) is 1. The number of hydrogen-bond acceptors (Lipinski definition) is 5. The molecule has 1 N–H and O–H groups in total. The molecule has 38 heavy (non-hydrogen) atoms. The van der Waals surface area contributed by atoms with Gasteiger partial charge >= 0.3 is 0 Å². The van der Waals surface area contributed by atoms with E-state index < -0.39 is 29.4 Å². The maximum absolute atomic E-state index is 14.2. The van der Waals surface area contributed by atoms with Crippen LogP contribution in [0.4, 0.5) is 14.5 Å². The third-order valence-corrected chi connectivity index (χ3v) is 6.47. The van der Waals surface area contributed by atoms with Crippen LogP contribution < -0.4 is 14.4 Å². The van der Waals surface area contributed by atoms with Crippen LogP contribution in [0.2, 0.25) is 0 Å². The second kappa shape index (κ2) is 9.97. The van der Waals surface area contributed by atoms with E-state index in [1.807, 2.05) is 18.2 Å². The molecule has 0 saturated carbocycles. The molecule has 0 aliphatic carbocycles. The second-order valence-corrected chi connectivity index (χ2v) is 8.64. The molecule has 5 rings (SSSR count). The number of ether oxygens (including phenoxy) is 2. The predicted octanol–water partition coefficient (Wildman–Crippen LogP) is 6.15. The molecule has 1 amide bonds. The zero-order valence-corrected chi connectivity index (χ0v) is 20.6. The Labute approximate surface area is 217 Å². The number of aliphatic hydroxyl groups is 1. The number of fused-ring (bicyclic) bond motifs is 1. The van der Waals surface area contributed by atoms with Gasteiger partial charge in [-0.25, -0.2) is 8.78 Å². The quantitative estimate of drug-likeness (QED) is 0.189. The Kier molecular flexibility index (Phi) is 6.55. The van der Waals surface area contributed by atoms with Gasteiger partial charge in [0.25, 0.3) is 11.7 Å². The summed E-state index contributed by atoms with van der Waals surface area (Å²) in [5.41, 5.74) is 0.528. The minimum atomic E-state index is -1.18. The number of halogens is 2. The highest BCUT2D eigenvalue weighted by molar-refractivity contribution is 6.51. The van der Waals surface area contributed by atoms with Crippen molar-refractivity contribution < 1.29 is 33.0 Å². The number of hydrogen-bond donors (Lipinski definition) is 1. The second-order valence-electron chi connectivity index (χ2n) is 8.64. The smallest absolute Gasteiger partial charge is 0.300 e. The van der Waals surface area contributed by atoms with Crippen LogP contribution in [0, 0.1) is 11.6 Å². The number of anilines is 1. The summed E-state index contributed by atoms with van der Waals surface area (Å²) in [5, 5.41) is 13.1. The molecule has 4 aromatic rings.